The fourth-order valence-electron chi connectivity index (χ4n) is 2.38. The molecular formula is C17H17KN2O3S3. The number of amides is 1. The van der Waals surface area contributed by atoms with E-state index in [9.17, 15) is 13.2 Å². The van der Waals surface area contributed by atoms with Crippen molar-refractivity contribution in [2.75, 3.05) is 5.75 Å². The summed E-state index contributed by atoms with van der Waals surface area (Å²) in [4.78, 5) is 12.3. The third-order valence-corrected chi connectivity index (χ3v) is 5.57. The molecule has 9 heteroatoms. The second kappa shape index (κ2) is 11.4. The molecule has 0 aromatic heterocycles. The van der Waals surface area contributed by atoms with Crippen LogP contribution in [-0.2, 0) is 27.3 Å². The predicted molar refractivity (Wildman–Crippen MR) is 104 cm³/mol. The Hall–Kier alpha value is -0.394. The van der Waals surface area contributed by atoms with Crippen molar-refractivity contribution in [2.24, 2.45) is 0 Å². The van der Waals surface area contributed by atoms with E-state index in [0.29, 0.717) is 0 Å². The van der Waals surface area contributed by atoms with E-state index in [1.54, 1.807) is 30.3 Å². The van der Waals surface area contributed by atoms with E-state index in [1.807, 2.05) is 30.3 Å². The molecule has 0 aliphatic rings. The van der Waals surface area contributed by atoms with Gasteiger partial charge in [-0.15, -0.1) is 0 Å². The average molecular weight is 433 g/mol. The number of benzene rings is 2. The van der Waals surface area contributed by atoms with Crippen LogP contribution in [0.15, 0.2) is 65.6 Å². The molecule has 2 N–H and O–H groups in total. The van der Waals surface area contributed by atoms with Crippen molar-refractivity contribution in [3.05, 3.63) is 66.2 Å². The number of rotatable bonds is 6. The zero-order chi connectivity index (χ0) is 18.3. The molecule has 2 aromatic rings. The molecule has 0 heterocycles. The van der Waals surface area contributed by atoms with E-state index in [4.69, 9.17) is 0 Å². The molecule has 0 bridgehead atoms. The standard InChI is InChI=1S/C17H18N2O3S3.K/c20-16(18-19-17(23)24)11-14(13-7-3-1-4-8-13)12-25(21,22)15-9-5-2-6-10-15;/h1-10,14H,11-12H2,(H,18,20)(H2,19,23,24);/q;+1/p-1. The minimum absolute atomic E-state index is 0. The first-order chi connectivity index (χ1) is 11.9. The maximum Gasteiger partial charge on any atom is 1.00 e. The summed E-state index contributed by atoms with van der Waals surface area (Å²) in [5.41, 5.74) is 5.55. The van der Waals surface area contributed by atoms with Crippen LogP contribution in [0.1, 0.15) is 17.9 Å². The van der Waals surface area contributed by atoms with Crippen LogP contribution in [-0.4, -0.2) is 24.4 Å². The number of thiocarbonyl (C=S) groups is 1. The summed E-state index contributed by atoms with van der Waals surface area (Å²) in [6.45, 7) is 0. The van der Waals surface area contributed by atoms with Gasteiger partial charge in [0.05, 0.1) is 10.6 Å². The summed E-state index contributed by atoms with van der Waals surface area (Å²) < 4.78 is 25.4. The van der Waals surface area contributed by atoms with E-state index in [-0.39, 0.29) is 78.7 Å². The molecule has 0 aliphatic carbocycles. The van der Waals surface area contributed by atoms with E-state index < -0.39 is 15.8 Å². The van der Waals surface area contributed by atoms with E-state index in [2.05, 4.69) is 35.7 Å². The van der Waals surface area contributed by atoms with Gasteiger partial charge in [-0.25, -0.2) is 8.42 Å². The van der Waals surface area contributed by atoms with Crippen molar-refractivity contribution in [1.82, 2.24) is 10.9 Å². The molecule has 0 saturated carbocycles. The molecule has 1 amide bonds. The second-order valence-electron chi connectivity index (χ2n) is 5.37. The van der Waals surface area contributed by atoms with Gasteiger partial charge in [-0.2, -0.15) is 0 Å². The molecule has 1 atom stereocenters. The minimum Gasteiger partial charge on any atom is -0.410 e. The van der Waals surface area contributed by atoms with Crippen LogP contribution in [0.3, 0.4) is 0 Å². The number of nitrogens with one attached hydrogen (secondary N) is 2. The Kier molecular flexibility index (Phi) is 10.4. The van der Waals surface area contributed by atoms with E-state index in [0.717, 1.165) is 5.56 Å². The Morgan fingerprint density at radius 3 is 2.08 bits per heavy atom. The van der Waals surface area contributed by atoms with Gasteiger partial charge in [0.1, 0.15) is 0 Å². The Morgan fingerprint density at radius 2 is 1.54 bits per heavy atom. The van der Waals surface area contributed by atoms with E-state index >= 15 is 0 Å². The molecule has 0 spiro atoms. The summed E-state index contributed by atoms with van der Waals surface area (Å²) in [5, 5.41) is 0. The zero-order valence-electron chi connectivity index (χ0n) is 14.2. The molecule has 0 fully saturated rings. The van der Waals surface area contributed by atoms with Crippen molar-refractivity contribution in [2.45, 2.75) is 17.2 Å². The van der Waals surface area contributed by atoms with Gasteiger partial charge in [-0.05, 0) is 22.0 Å². The molecule has 0 radical (unpaired) electrons. The maximum atomic E-state index is 12.7. The monoisotopic (exact) mass is 432 g/mol. The fourth-order valence-corrected chi connectivity index (χ4v) is 4.09. The number of hydrazine groups is 1. The topological polar surface area (TPSA) is 75.3 Å². The first-order valence-corrected chi connectivity index (χ1v) is 9.94. The second-order valence-corrected chi connectivity index (χ2v) is 8.48. The van der Waals surface area contributed by atoms with E-state index in [1.165, 1.54) is 0 Å². The first-order valence-electron chi connectivity index (χ1n) is 7.47. The van der Waals surface area contributed by atoms with Gasteiger partial charge >= 0.3 is 51.4 Å². The first kappa shape index (κ1) is 23.6. The van der Waals surface area contributed by atoms with Crippen molar-refractivity contribution >= 4 is 44.9 Å². The Morgan fingerprint density at radius 1 is 1.00 bits per heavy atom. The molecule has 2 aromatic carbocycles. The molecule has 26 heavy (non-hydrogen) atoms. The summed E-state index contributed by atoms with van der Waals surface area (Å²) in [6, 6.07) is 17.3. The molecule has 1 unspecified atom stereocenters. The van der Waals surface area contributed by atoms with Crippen LogP contribution in [0.4, 0.5) is 0 Å². The van der Waals surface area contributed by atoms with Crippen LogP contribution in [0.5, 0.6) is 0 Å². The van der Waals surface area contributed by atoms with Gasteiger partial charge in [0.25, 0.3) is 0 Å². The quantitative estimate of drug-likeness (QED) is 0.267. The van der Waals surface area contributed by atoms with Crippen molar-refractivity contribution in [1.29, 1.82) is 0 Å². The SMILES string of the molecule is O=C(CC(CS(=O)(=O)c1ccccc1)c1ccccc1)NNC(=S)[S-].[K+]. The molecule has 5 nitrogen and oxygen atoms in total. The van der Waals surface area contributed by atoms with Gasteiger partial charge < -0.3 is 30.3 Å². The summed E-state index contributed by atoms with van der Waals surface area (Å²) in [7, 11) is -3.53. The molecule has 0 aliphatic heterocycles. The van der Waals surface area contributed by atoms with Gasteiger partial charge in [-0.3, -0.25) is 10.2 Å². The fraction of sp³-hybridized carbons (Fsp3) is 0.176. The normalized spacial score (nSPS) is 11.7. The Bertz CT molecular complexity index is 831. The van der Waals surface area contributed by atoms with Crippen LogP contribution in [0.2, 0.25) is 0 Å². The molecule has 0 saturated heterocycles. The number of sulfone groups is 1. The number of carbonyl (C=O) groups excluding carboxylic acids is 1. The van der Waals surface area contributed by atoms with Crippen LogP contribution in [0.25, 0.3) is 0 Å². The van der Waals surface area contributed by atoms with Crippen molar-refractivity contribution in [3.8, 4) is 0 Å². The van der Waals surface area contributed by atoms with Crippen LogP contribution in [0, 0.1) is 0 Å². The average Bonchev–Trinajstić information content (AvgIpc) is 2.61. The Balaban J connectivity index is 0.00000338. The van der Waals surface area contributed by atoms with Crippen LogP contribution >= 0.6 is 12.2 Å². The third kappa shape index (κ3) is 7.69. The maximum absolute atomic E-state index is 12.7. The molecule has 132 valence electrons. The number of hydrogen-bond donors (Lipinski definition) is 2. The largest absolute Gasteiger partial charge is 1.00 e. The zero-order valence-corrected chi connectivity index (χ0v) is 19.8. The summed E-state index contributed by atoms with van der Waals surface area (Å²) >= 11 is 9.33. The van der Waals surface area contributed by atoms with Gasteiger partial charge in [0, 0.05) is 12.3 Å². The smallest absolute Gasteiger partial charge is 0.410 e. The Labute approximate surface area is 207 Å². The third-order valence-electron chi connectivity index (χ3n) is 3.53. The molecule has 2 rings (SSSR count). The van der Waals surface area contributed by atoms with Gasteiger partial charge in [0.15, 0.2) is 9.84 Å². The predicted octanol–water partition coefficient (Wildman–Crippen LogP) is -0.909. The van der Waals surface area contributed by atoms with Crippen molar-refractivity contribution < 1.29 is 64.6 Å². The number of carbonyl (C=O) groups is 1. The van der Waals surface area contributed by atoms with Crippen LogP contribution < -0.4 is 62.2 Å². The van der Waals surface area contributed by atoms with Gasteiger partial charge in [0.2, 0.25) is 5.91 Å². The number of hydrogen-bond acceptors (Lipinski definition) is 5. The van der Waals surface area contributed by atoms with Gasteiger partial charge in [-0.1, -0.05) is 48.5 Å². The summed E-state index contributed by atoms with van der Waals surface area (Å²) in [5.74, 6) is -1.05. The minimum atomic E-state index is -3.53. The summed E-state index contributed by atoms with van der Waals surface area (Å²) in [6.07, 6.45) is -0.0129. The van der Waals surface area contributed by atoms with Crippen molar-refractivity contribution in [3.63, 3.8) is 0 Å². The molecular weight excluding hydrogens is 415 g/mol.